The lowest BCUT2D eigenvalue weighted by molar-refractivity contribution is -0.159. The number of carbonyl (C=O) groups excluding carboxylic acids is 1. The number of esters is 1. The second-order valence-corrected chi connectivity index (χ2v) is 7.65. The average molecular weight is 437 g/mol. The van der Waals surface area contributed by atoms with E-state index in [2.05, 4.69) is 17.0 Å². The quantitative estimate of drug-likeness (QED) is 0.530. The zero-order chi connectivity index (χ0) is 20.8. The number of nitrogens with zero attached hydrogens (tertiary/aromatic N) is 2. The van der Waals surface area contributed by atoms with Gasteiger partial charge in [-0.3, -0.25) is 14.6 Å². The van der Waals surface area contributed by atoms with E-state index in [1.54, 1.807) is 0 Å². The van der Waals surface area contributed by atoms with Crippen LogP contribution in [0.1, 0.15) is 17.2 Å². The highest BCUT2D eigenvalue weighted by atomic mass is 35.5. The first-order valence-corrected chi connectivity index (χ1v) is 10.1. The lowest BCUT2D eigenvalue weighted by Crippen LogP contribution is -2.49. The lowest BCUT2D eigenvalue weighted by atomic mass is 9.96. The van der Waals surface area contributed by atoms with E-state index < -0.39 is 17.5 Å². The molecule has 1 saturated heterocycles. The number of carbonyl (C=O) groups is 2. The van der Waals surface area contributed by atoms with E-state index in [-0.39, 0.29) is 12.6 Å². The zero-order valence-electron chi connectivity index (χ0n) is 15.7. The van der Waals surface area contributed by atoms with E-state index in [0.29, 0.717) is 18.1 Å². The molecule has 6 nitrogen and oxygen atoms in total. The Labute approximate surface area is 179 Å². The third kappa shape index (κ3) is 5.93. The third-order valence-corrected chi connectivity index (χ3v) is 5.38. The van der Waals surface area contributed by atoms with Crippen LogP contribution < -0.4 is 0 Å². The van der Waals surface area contributed by atoms with Gasteiger partial charge in [-0.2, -0.15) is 0 Å². The van der Waals surface area contributed by atoms with Crippen molar-refractivity contribution in [2.45, 2.75) is 11.6 Å². The van der Waals surface area contributed by atoms with Gasteiger partial charge in [0.05, 0.1) is 12.6 Å². The molecule has 0 saturated carbocycles. The highest BCUT2D eigenvalue weighted by Crippen LogP contribution is 2.30. The number of halogens is 2. The minimum atomic E-state index is -1.66. The standard InChI is InChI=1S/C21H22Cl2N2O4/c22-17-8-6-16(7-9-17)19(15-4-2-1-3-5-15)25-12-10-24(11-13-25)14-18(26)29-20(23)21(27)28/h1-9,19-20H,10-14H2,(H,27,28). The van der Waals surface area contributed by atoms with Gasteiger partial charge >= 0.3 is 11.9 Å². The maximum Gasteiger partial charge on any atom is 0.361 e. The van der Waals surface area contributed by atoms with Gasteiger partial charge in [0.2, 0.25) is 0 Å². The fourth-order valence-corrected chi connectivity index (χ4v) is 3.69. The maximum atomic E-state index is 11.9. The number of rotatable bonds is 7. The van der Waals surface area contributed by atoms with E-state index in [9.17, 15) is 9.59 Å². The molecular weight excluding hydrogens is 415 g/mol. The summed E-state index contributed by atoms with van der Waals surface area (Å²) in [6.07, 6.45) is 0. The van der Waals surface area contributed by atoms with E-state index in [0.717, 1.165) is 18.7 Å². The molecule has 2 aromatic carbocycles. The molecule has 2 unspecified atom stereocenters. The fraction of sp³-hybridized carbons (Fsp3) is 0.333. The van der Waals surface area contributed by atoms with Crippen molar-refractivity contribution in [2.24, 2.45) is 0 Å². The maximum absolute atomic E-state index is 11.9. The molecule has 0 bridgehead atoms. The Morgan fingerprint density at radius 3 is 2.14 bits per heavy atom. The Balaban J connectivity index is 1.65. The van der Waals surface area contributed by atoms with Crippen LogP contribution in [0.25, 0.3) is 0 Å². The van der Waals surface area contributed by atoms with Gasteiger partial charge in [-0.05, 0) is 23.3 Å². The van der Waals surface area contributed by atoms with Gasteiger partial charge in [-0.1, -0.05) is 65.7 Å². The third-order valence-electron chi connectivity index (χ3n) is 4.85. The summed E-state index contributed by atoms with van der Waals surface area (Å²) < 4.78 is 4.70. The van der Waals surface area contributed by atoms with Crippen LogP contribution in [0.2, 0.25) is 5.02 Å². The van der Waals surface area contributed by atoms with Crippen molar-refractivity contribution in [1.29, 1.82) is 0 Å². The number of piperazine rings is 1. The Hall–Kier alpha value is -2.12. The smallest absolute Gasteiger partial charge is 0.361 e. The summed E-state index contributed by atoms with van der Waals surface area (Å²) in [4.78, 5) is 26.9. The lowest BCUT2D eigenvalue weighted by Gasteiger charge is -2.39. The number of alkyl halides is 1. The summed E-state index contributed by atoms with van der Waals surface area (Å²) >= 11 is 11.5. The summed E-state index contributed by atoms with van der Waals surface area (Å²) in [6.45, 7) is 2.83. The Morgan fingerprint density at radius 1 is 0.966 bits per heavy atom. The SMILES string of the molecule is O=C(CN1CCN(C(c2ccccc2)c2ccc(Cl)cc2)CC1)OC(Cl)C(=O)O. The summed E-state index contributed by atoms with van der Waals surface area (Å²) in [5.41, 5.74) is 0.685. The van der Waals surface area contributed by atoms with Crippen molar-refractivity contribution in [3.05, 3.63) is 70.7 Å². The summed E-state index contributed by atoms with van der Waals surface area (Å²) in [5.74, 6) is -2.02. The number of carboxylic acids is 1. The first kappa shape index (κ1) is 21.6. The summed E-state index contributed by atoms with van der Waals surface area (Å²) in [6, 6.07) is 18.2. The largest absolute Gasteiger partial charge is 0.478 e. The Kier molecular flexibility index (Phi) is 7.50. The molecule has 2 atom stereocenters. The number of hydrogen-bond acceptors (Lipinski definition) is 5. The van der Waals surface area contributed by atoms with Crippen LogP contribution >= 0.6 is 23.2 Å². The monoisotopic (exact) mass is 436 g/mol. The molecule has 1 heterocycles. The van der Waals surface area contributed by atoms with Gasteiger partial charge in [0, 0.05) is 31.2 Å². The Bertz CT molecular complexity index is 824. The van der Waals surface area contributed by atoms with Gasteiger partial charge < -0.3 is 9.84 Å². The van der Waals surface area contributed by atoms with Crippen LogP contribution in [0, 0.1) is 0 Å². The minimum Gasteiger partial charge on any atom is -0.478 e. The van der Waals surface area contributed by atoms with Gasteiger partial charge in [-0.15, -0.1) is 0 Å². The van der Waals surface area contributed by atoms with Crippen LogP contribution in [0.5, 0.6) is 0 Å². The van der Waals surface area contributed by atoms with Crippen molar-refractivity contribution >= 4 is 35.1 Å². The zero-order valence-corrected chi connectivity index (χ0v) is 17.2. The fourth-order valence-electron chi connectivity index (χ4n) is 3.46. The van der Waals surface area contributed by atoms with Crippen LogP contribution in [-0.4, -0.2) is 65.1 Å². The van der Waals surface area contributed by atoms with Crippen molar-refractivity contribution in [3.8, 4) is 0 Å². The molecule has 0 amide bonds. The predicted octanol–water partition coefficient (Wildman–Crippen LogP) is 3.24. The molecule has 0 spiro atoms. The second-order valence-electron chi connectivity index (χ2n) is 6.82. The van der Waals surface area contributed by atoms with E-state index in [4.69, 9.17) is 33.0 Å². The first-order valence-electron chi connectivity index (χ1n) is 9.27. The van der Waals surface area contributed by atoms with Crippen LogP contribution in [-0.2, 0) is 14.3 Å². The highest BCUT2D eigenvalue weighted by molar-refractivity contribution is 6.30. The second kappa shape index (κ2) is 10.1. The molecule has 1 aliphatic heterocycles. The van der Waals surface area contributed by atoms with Crippen molar-refractivity contribution in [3.63, 3.8) is 0 Å². The number of ether oxygens (including phenoxy) is 1. The molecule has 0 aromatic heterocycles. The van der Waals surface area contributed by atoms with Crippen LogP contribution in [0.4, 0.5) is 0 Å². The van der Waals surface area contributed by atoms with Crippen molar-refractivity contribution in [1.82, 2.24) is 9.80 Å². The predicted molar refractivity (Wildman–Crippen MR) is 111 cm³/mol. The average Bonchev–Trinajstić information content (AvgIpc) is 2.71. The highest BCUT2D eigenvalue weighted by Gasteiger charge is 2.28. The number of benzene rings is 2. The molecule has 3 rings (SSSR count). The van der Waals surface area contributed by atoms with E-state index in [1.165, 1.54) is 5.56 Å². The molecular formula is C21H22Cl2N2O4. The summed E-state index contributed by atoms with van der Waals surface area (Å²) in [7, 11) is 0. The molecule has 2 aromatic rings. The Morgan fingerprint density at radius 2 is 1.55 bits per heavy atom. The number of aliphatic carboxylic acids is 1. The molecule has 29 heavy (non-hydrogen) atoms. The molecule has 8 heteroatoms. The van der Waals surface area contributed by atoms with Gasteiger partial charge in [0.15, 0.2) is 0 Å². The summed E-state index contributed by atoms with van der Waals surface area (Å²) in [5, 5.41) is 9.43. The van der Waals surface area contributed by atoms with Crippen LogP contribution in [0.3, 0.4) is 0 Å². The van der Waals surface area contributed by atoms with E-state index in [1.807, 2.05) is 47.4 Å². The van der Waals surface area contributed by atoms with Gasteiger partial charge in [0.1, 0.15) is 0 Å². The number of hydrogen-bond donors (Lipinski definition) is 1. The topological polar surface area (TPSA) is 70.1 Å². The molecule has 0 aliphatic carbocycles. The first-order chi connectivity index (χ1) is 13.9. The van der Waals surface area contributed by atoms with Gasteiger partial charge in [-0.25, -0.2) is 4.79 Å². The van der Waals surface area contributed by atoms with E-state index >= 15 is 0 Å². The molecule has 154 valence electrons. The number of carboxylic acid groups (broad SMARTS) is 1. The van der Waals surface area contributed by atoms with Crippen LogP contribution in [0.15, 0.2) is 54.6 Å². The van der Waals surface area contributed by atoms with Crippen molar-refractivity contribution < 1.29 is 19.4 Å². The van der Waals surface area contributed by atoms with Crippen molar-refractivity contribution in [2.75, 3.05) is 32.7 Å². The molecule has 0 radical (unpaired) electrons. The normalized spacial score (nSPS) is 17.4. The minimum absolute atomic E-state index is 0.0152. The molecule has 1 fully saturated rings. The molecule has 1 aliphatic rings. The molecule has 1 N–H and O–H groups in total. The van der Waals surface area contributed by atoms with Gasteiger partial charge in [0.25, 0.3) is 5.56 Å².